The molecule has 0 fully saturated rings. The number of anilines is 1. The summed E-state index contributed by atoms with van der Waals surface area (Å²) in [5.74, 6) is 0.631. The Morgan fingerprint density at radius 1 is 1.56 bits per heavy atom. The molecule has 18 heavy (non-hydrogen) atoms. The summed E-state index contributed by atoms with van der Waals surface area (Å²) < 4.78 is 13.8. The van der Waals surface area contributed by atoms with Gasteiger partial charge in [-0.05, 0) is 24.8 Å². The second kappa shape index (κ2) is 6.95. The van der Waals surface area contributed by atoms with Gasteiger partial charge >= 0.3 is 0 Å². The minimum atomic E-state index is -0.356. The second-order valence-corrected chi connectivity index (χ2v) is 5.48. The van der Waals surface area contributed by atoms with Gasteiger partial charge in [0.25, 0.3) is 0 Å². The standard InChI is InChI=1S/C13H19FN2S2/c1-4-9(8-18-3)16(2)11-7-5-6-10(14)12(11)13(15)17/h5-7,9H,4,8H2,1-3H3,(H2,15,17). The summed E-state index contributed by atoms with van der Waals surface area (Å²) >= 11 is 6.73. The number of rotatable bonds is 6. The molecule has 2 nitrogen and oxygen atoms in total. The van der Waals surface area contributed by atoms with Crippen LogP contribution in [0.2, 0.25) is 0 Å². The first kappa shape index (κ1) is 15.2. The molecule has 0 bridgehead atoms. The zero-order valence-corrected chi connectivity index (χ0v) is 12.6. The van der Waals surface area contributed by atoms with Crippen LogP contribution in [0, 0.1) is 5.82 Å². The van der Waals surface area contributed by atoms with E-state index < -0.39 is 0 Å². The molecule has 0 aliphatic heterocycles. The van der Waals surface area contributed by atoms with E-state index in [1.807, 2.05) is 13.1 Å². The quantitative estimate of drug-likeness (QED) is 0.814. The molecule has 100 valence electrons. The van der Waals surface area contributed by atoms with Crippen molar-refractivity contribution >= 4 is 34.7 Å². The van der Waals surface area contributed by atoms with Crippen molar-refractivity contribution in [3.05, 3.63) is 29.6 Å². The van der Waals surface area contributed by atoms with Crippen molar-refractivity contribution in [1.29, 1.82) is 0 Å². The predicted octanol–water partition coefficient (Wildman–Crippen LogP) is 3.04. The number of benzene rings is 1. The summed E-state index contributed by atoms with van der Waals surface area (Å²) in [5, 5.41) is 0. The first-order chi connectivity index (χ1) is 8.52. The highest BCUT2D eigenvalue weighted by Gasteiger charge is 2.19. The van der Waals surface area contributed by atoms with Crippen molar-refractivity contribution in [2.24, 2.45) is 5.73 Å². The highest BCUT2D eigenvalue weighted by molar-refractivity contribution is 7.98. The van der Waals surface area contributed by atoms with Crippen molar-refractivity contribution in [2.45, 2.75) is 19.4 Å². The van der Waals surface area contributed by atoms with Gasteiger partial charge in [-0.3, -0.25) is 0 Å². The zero-order chi connectivity index (χ0) is 13.7. The van der Waals surface area contributed by atoms with Crippen molar-refractivity contribution in [1.82, 2.24) is 0 Å². The largest absolute Gasteiger partial charge is 0.389 e. The number of hydrogen-bond donors (Lipinski definition) is 1. The van der Waals surface area contributed by atoms with E-state index >= 15 is 0 Å². The first-order valence-electron chi connectivity index (χ1n) is 5.83. The van der Waals surface area contributed by atoms with E-state index in [9.17, 15) is 4.39 Å². The maximum Gasteiger partial charge on any atom is 0.135 e. The van der Waals surface area contributed by atoms with Gasteiger partial charge < -0.3 is 10.6 Å². The molecule has 1 unspecified atom stereocenters. The highest BCUT2D eigenvalue weighted by Crippen LogP contribution is 2.25. The van der Waals surface area contributed by atoms with Crippen molar-refractivity contribution in [3.63, 3.8) is 0 Å². The zero-order valence-electron chi connectivity index (χ0n) is 10.9. The smallest absolute Gasteiger partial charge is 0.135 e. The molecular formula is C13H19FN2S2. The topological polar surface area (TPSA) is 29.3 Å². The Kier molecular flexibility index (Phi) is 5.88. The normalized spacial score (nSPS) is 12.2. The summed E-state index contributed by atoms with van der Waals surface area (Å²) in [7, 11) is 1.96. The van der Waals surface area contributed by atoms with Gasteiger partial charge in [0, 0.05) is 24.5 Å². The molecule has 1 aromatic carbocycles. The van der Waals surface area contributed by atoms with Gasteiger partial charge in [0.05, 0.1) is 5.56 Å². The van der Waals surface area contributed by atoms with E-state index in [-0.39, 0.29) is 10.8 Å². The fraction of sp³-hybridized carbons (Fsp3) is 0.462. The molecule has 0 spiro atoms. The Morgan fingerprint density at radius 3 is 2.72 bits per heavy atom. The summed E-state index contributed by atoms with van der Waals surface area (Å²) in [4.78, 5) is 2.17. The van der Waals surface area contributed by atoms with E-state index in [0.717, 1.165) is 17.9 Å². The lowest BCUT2D eigenvalue weighted by Gasteiger charge is -2.30. The average Bonchev–Trinajstić information content (AvgIpc) is 2.34. The van der Waals surface area contributed by atoms with Crippen LogP contribution in [0.15, 0.2) is 18.2 Å². The fourth-order valence-electron chi connectivity index (χ4n) is 1.94. The molecule has 5 heteroatoms. The van der Waals surface area contributed by atoms with Crippen LogP contribution in [-0.4, -0.2) is 30.1 Å². The number of hydrogen-bond acceptors (Lipinski definition) is 3. The third-order valence-electron chi connectivity index (χ3n) is 3.00. The Morgan fingerprint density at radius 2 is 2.22 bits per heavy atom. The maximum absolute atomic E-state index is 13.8. The van der Waals surface area contributed by atoms with E-state index in [4.69, 9.17) is 18.0 Å². The SMILES string of the molecule is CCC(CSC)N(C)c1cccc(F)c1C(N)=S. The molecule has 1 atom stereocenters. The summed E-state index contributed by atoms with van der Waals surface area (Å²) in [5.41, 5.74) is 6.74. The van der Waals surface area contributed by atoms with Gasteiger partial charge in [-0.2, -0.15) is 11.8 Å². The molecule has 0 aromatic heterocycles. The summed E-state index contributed by atoms with van der Waals surface area (Å²) in [6, 6.07) is 5.28. The van der Waals surface area contributed by atoms with Crippen molar-refractivity contribution in [2.75, 3.05) is 24.0 Å². The molecular weight excluding hydrogens is 267 g/mol. The molecule has 0 aliphatic carbocycles. The Hall–Kier alpha value is -0.810. The first-order valence-corrected chi connectivity index (χ1v) is 7.63. The van der Waals surface area contributed by atoms with Crippen LogP contribution in [0.25, 0.3) is 0 Å². The van der Waals surface area contributed by atoms with Crippen LogP contribution in [0.5, 0.6) is 0 Å². The van der Waals surface area contributed by atoms with E-state index in [2.05, 4.69) is 18.1 Å². The Labute approximate surface area is 118 Å². The average molecular weight is 286 g/mol. The van der Waals surface area contributed by atoms with E-state index in [1.54, 1.807) is 17.8 Å². The van der Waals surface area contributed by atoms with Crippen molar-refractivity contribution in [3.8, 4) is 0 Å². The molecule has 0 aliphatic rings. The van der Waals surface area contributed by atoms with Crippen LogP contribution >= 0.6 is 24.0 Å². The predicted molar refractivity (Wildman–Crippen MR) is 83.2 cm³/mol. The van der Waals surface area contributed by atoms with Gasteiger partial charge in [0.15, 0.2) is 0 Å². The van der Waals surface area contributed by atoms with Crippen LogP contribution in [-0.2, 0) is 0 Å². The van der Waals surface area contributed by atoms with Crippen LogP contribution < -0.4 is 10.6 Å². The monoisotopic (exact) mass is 286 g/mol. The Balaban J connectivity index is 3.15. The summed E-state index contributed by atoms with van der Waals surface area (Å²) in [6.07, 6.45) is 3.06. The third kappa shape index (κ3) is 3.36. The molecule has 0 saturated heterocycles. The number of nitrogens with two attached hydrogens (primary N) is 1. The molecule has 0 heterocycles. The van der Waals surface area contributed by atoms with Gasteiger partial charge in [-0.15, -0.1) is 0 Å². The molecule has 0 saturated carbocycles. The summed E-state index contributed by atoms with van der Waals surface area (Å²) in [6.45, 7) is 2.12. The van der Waals surface area contributed by atoms with Crippen molar-refractivity contribution < 1.29 is 4.39 Å². The minimum absolute atomic E-state index is 0.106. The molecule has 2 N–H and O–H groups in total. The van der Waals surface area contributed by atoms with Crippen LogP contribution in [0.3, 0.4) is 0 Å². The van der Waals surface area contributed by atoms with E-state index in [0.29, 0.717) is 11.6 Å². The number of nitrogens with zero attached hydrogens (tertiary/aromatic N) is 1. The van der Waals surface area contributed by atoms with Gasteiger partial charge in [0.1, 0.15) is 10.8 Å². The number of thiocarbonyl (C=S) groups is 1. The van der Waals surface area contributed by atoms with Crippen LogP contribution in [0.4, 0.5) is 10.1 Å². The third-order valence-corrected chi connectivity index (χ3v) is 3.92. The second-order valence-electron chi connectivity index (χ2n) is 4.13. The Bertz CT molecular complexity index is 423. The molecule has 0 amide bonds. The number of halogens is 1. The number of thioether (sulfide) groups is 1. The maximum atomic E-state index is 13.8. The molecule has 1 aromatic rings. The van der Waals surface area contributed by atoms with Gasteiger partial charge in [-0.25, -0.2) is 4.39 Å². The fourth-order valence-corrected chi connectivity index (χ4v) is 2.99. The lowest BCUT2D eigenvalue weighted by Crippen LogP contribution is -2.35. The van der Waals surface area contributed by atoms with Crippen LogP contribution in [0.1, 0.15) is 18.9 Å². The lowest BCUT2D eigenvalue weighted by molar-refractivity contribution is 0.620. The highest BCUT2D eigenvalue weighted by atomic mass is 32.2. The molecule has 0 radical (unpaired) electrons. The minimum Gasteiger partial charge on any atom is -0.389 e. The lowest BCUT2D eigenvalue weighted by atomic mass is 10.1. The van der Waals surface area contributed by atoms with Gasteiger partial charge in [0.2, 0.25) is 0 Å². The van der Waals surface area contributed by atoms with Gasteiger partial charge in [-0.1, -0.05) is 25.2 Å². The van der Waals surface area contributed by atoms with E-state index in [1.165, 1.54) is 6.07 Å². The molecule has 1 rings (SSSR count).